The van der Waals surface area contributed by atoms with Gasteiger partial charge in [-0.2, -0.15) is 0 Å². The molecule has 2 aliphatic carbocycles. The Morgan fingerprint density at radius 2 is 1.84 bits per heavy atom. The Bertz CT molecular complexity index is 592. The highest BCUT2D eigenvalue weighted by molar-refractivity contribution is 5.47. The third-order valence-electron chi connectivity index (χ3n) is 6.85. The average molecular weight is 344 g/mol. The molecule has 1 aliphatic heterocycles. The van der Waals surface area contributed by atoms with Crippen LogP contribution in [0.5, 0.6) is 11.5 Å². The van der Waals surface area contributed by atoms with Gasteiger partial charge in [0.1, 0.15) is 0 Å². The maximum Gasteiger partial charge on any atom is 0.161 e. The minimum atomic E-state index is 0.325. The van der Waals surface area contributed by atoms with Crippen molar-refractivity contribution >= 4 is 0 Å². The summed E-state index contributed by atoms with van der Waals surface area (Å²) in [5.74, 6) is 1.91. The highest BCUT2D eigenvalue weighted by Gasteiger charge is 2.48. The molecular formula is C22H33NO2. The zero-order valence-electron chi connectivity index (χ0n) is 15.9. The van der Waals surface area contributed by atoms with Gasteiger partial charge in [0, 0.05) is 11.5 Å². The molecule has 0 spiro atoms. The number of nitrogens with zero attached hydrogens (tertiary/aromatic N) is 1. The fourth-order valence-corrected chi connectivity index (χ4v) is 5.54. The van der Waals surface area contributed by atoms with E-state index >= 15 is 0 Å². The second-order valence-electron chi connectivity index (χ2n) is 8.27. The number of rotatable bonds is 5. The molecule has 0 N–H and O–H groups in total. The maximum absolute atomic E-state index is 6.42. The largest absolute Gasteiger partial charge is 0.490 e. The molecule has 3 fully saturated rings. The third-order valence-corrected chi connectivity index (χ3v) is 6.85. The van der Waals surface area contributed by atoms with Crippen LogP contribution in [-0.2, 0) is 5.41 Å². The lowest BCUT2D eigenvalue weighted by atomic mass is 9.66. The van der Waals surface area contributed by atoms with Crippen molar-refractivity contribution in [1.82, 2.24) is 4.90 Å². The van der Waals surface area contributed by atoms with Crippen molar-refractivity contribution in [3.8, 4) is 11.5 Å². The van der Waals surface area contributed by atoms with E-state index in [9.17, 15) is 0 Å². The van der Waals surface area contributed by atoms with Gasteiger partial charge in [0.05, 0.1) is 12.7 Å². The summed E-state index contributed by atoms with van der Waals surface area (Å²) in [6.45, 7) is 3.96. The number of ether oxygens (including phenoxy) is 2. The molecule has 25 heavy (non-hydrogen) atoms. The van der Waals surface area contributed by atoms with Crippen LogP contribution in [0.15, 0.2) is 18.2 Å². The first-order valence-electron chi connectivity index (χ1n) is 10.4. The van der Waals surface area contributed by atoms with E-state index in [-0.39, 0.29) is 0 Å². The molecule has 2 atom stereocenters. The number of likely N-dealkylation sites (N-methyl/N-ethyl adjacent to an activating group) is 1. The summed E-state index contributed by atoms with van der Waals surface area (Å²) in [5, 5.41) is 0. The molecule has 1 heterocycles. The fraction of sp³-hybridized carbons (Fsp3) is 0.727. The predicted molar refractivity (Wildman–Crippen MR) is 102 cm³/mol. The van der Waals surface area contributed by atoms with E-state index in [4.69, 9.17) is 9.47 Å². The summed E-state index contributed by atoms with van der Waals surface area (Å²) in [7, 11) is 2.31. The minimum absolute atomic E-state index is 0.325. The van der Waals surface area contributed by atoms with Crippen LogP contribution in [0.4, 0.5) is 0 Å². The molecule has 1 aromatic rings. The van der Waals surface area contributed by atoms with E-state index in [0.29, 0.717) is 24.2 Å². The smallest absolute Gasteiger partial charge is 0.161 e. The summed E-state index contributed by atoms with van der Waals surface area (Å²) < 4.78 is 12.3. The van der Waals surface area contributed by atoms with Crippen LogP contribution >= 0.6 is 0 Å². The molecule has 2 saturated carbocycles. The summed E-state index contributed by atoms with van der Waals surface area (Å²) in [6.07, 6.45) is 12.0. The first-order valence-corrected chi connectivity index (χ1v) is 10.4. The lowest BCUT2D eigenvalue weighted by Gasteiger charge is -2.42. The molecule has 1 saturated heterocycles. The Labute approximate surface area is 152 Å². The van der Waals surface area contributed by atoms with Gasteiger partial charge in [-0.25, -0.2) is 0 Å². The monoisotopic (exact) mass is 343 g/mol. The lowest BCUT2D eigenvalue weighted by Crippen LogP contribution is -2.43. The molecule has 0 aromatic heterocycles. The van der Waals surface area contributed by atoms with Gasteiger partial charge < -0.3 is 14.4 Å². The number of fused-ring (bicyclic) bond motifs is 1. The first-order chi connectivity index (χ1) is 12.2. The topological polar surface area (TPSA) is 21.7 Å². The van der Waals surface area contributed by atoms with Crippen LogP contribution < -0.4 is 9.47 Å². The van der Waals surface area contributed by atoms with E-state index in [1.54, 1.807) is 0 Å². The highest BCUT2D eigenvalue weighted by Crippen LogP contribution is 2.50. The molecular weight excluding hydrogens is 310 g/mol. The minimum Gasteiger partial charge on any atom is -0.490 e. The van der Waals surface area contributed by atoms with Gasteiger partial charge in [-0.05, 0) is 83.2 Å². The SMILES string of the molecule is CCOc1ccc([C@@]23CCCCC2N(C)CC3)cc1OC1CCCC1. The molecule has 1 aromatic carbocycles. The van der Waals surface area contributed by atoms with Crippen LogP contribution in [0.3, 0.4) is 0 Å². The molecule has 0 radical (unpaired) electrons. The molecule has 3 heteroatoms. The van der Waals surface area contributed by atoms with Gasteiger partial charge in [-0.1, -0.05) is 18.9 Å². The maximum atomic E-state index is 6.42. The van der Waals surface area contributed by atoms with Crippen LogP contribution in [0.1, 0.15) is 70.3 Å². The van der Waals surface area contributed by atoms with Crippen molar-refractivity contribution in [2.45, 2.75) is 82.3 Å². The molecule has 138 valence electrons. The zero-order valence-corrected chi connectivity index (χ0v) is 15.9. The summed E-state index contributed by atoms with van der Waals surface area (Å²) in [6, 6.07) is 7.52. The van der Waals surface area contributed by atoms with Crippen molar-refractivity contribution in [1.29, 1.82) is 0 Å². The predicted octanol–water partition coefficient (Wildman–Crippen LogP) is 4.92. The molecule has 0 bridgehead atoms. The van der Waals surface area contributed by atoms with Gasteiger partial charge in [0.2, 0.25) is 0 Å². The summed E-state index contributed by atoms with van der Waals surface area (Å²) >= 11 is 0. The first kappa shape index (κ1) is 17.2. The molecule has 0 amide bonds. The number of hydrogen-bond donors (Lipinski definition) is 0. The second-order valence-corrected chi connectivity index (χ2v) is 8.27. The van der Waals surface area contributed by atoms with Gasteiger partial charge in [-0.15, -0.1) is 0 Å². The second kappa shape index (κ2) is 7.19. The molecule has 3 aliphatic rings. The van der Waals surface area contributed by atoms with E-state index in [2.05, 4.69) is 37.1 Å². The zero-order chi connectivity index (χ0) is 17.3. The lowest BCUT2D eigenvalue weighted by molar-refractivity contribution is 0.178. The number of hydrogen-bond acceptors (Lipinski definition) is 3. The van der Waals surface area contributed by atoms with Crippen molar-refractivity contribution in [2.24, 2.45) is 0 Å². The Morgan fingerprint density at radius 3 is 2.64 bits per heavy atom. The van der Waals surface area contributed by atoms with Crippen LogP contribution in [-0.4, -0.2) is 37.2 Å². The van der Waals surface area contributed by atoms with Crippen molar-refractivity contribution in [3.05, 3.63) is 23.8 Å². The number of benzene rings is 1. The third kappa shape index (κ3) is 3.16. The Kier molecular flexibility index (Phi) is 4.95. The van der Waals surface area contributed by atoms with Gasteiger partial charge in [-0.3, -0.25) is 0 Å². The summed E-state index contributed by atoms with van der Waals surface area (Å²) in [4.78, 5) is 2.59. The van der Waals surface area contributed by atoms with Crippen molar-refractivity contribution < 1.29 is 9.47 Å². The standard InChI is InChI=1S/C22H33NO2/c1-3-24-19-12-11-17(16-20(19)25-18-8-4-5-9-18)22-13-7-6-10-21(22)23(2)15-14-22/h11-12,16,18,21H,3-10,13-15H2,1-2H3/t21?,22-/m0/s1. The average Bonchev–Trinajstić information content (AvgIpc) is 3.26. The fourth-order valence-electron chi connectivity index (χ4n) is 5.54. The van der Waals surface area contributed by atoms with E-state index in [1.807, 2.05) is 0 Å². The quantitative estimate of drug-likeness (QED) is 0.757. The van der Waals surface area contributed by atoms with Crippen LogP contribution in [0.25, 0.3) is 0 Å². The van der Waals surface area contributed by atoms with E-state index < -0.39 is 0 Å². The molecule has 4 rings (SSSR count). The Morgan fingerprint density at radius 1 is 1.04 bits per heavy atom. The van der Waals surface area contributed by atoms with Crippen molar-refractivity contribution in [2.75, 3.05) is 20.2 Å². The van der Waals surface area contributed by atoms with E-state index in [1.165, 1.54) is 69.9 Å². The Balaban J connectivity index is 1.67. The summed E-state index contributed by atoms with van der Waals surface area (Å²) in [5.41, 5.74) is 1.81. The van der Waals surface area contributed by atoms with Gasteiger partial charge in [0.25, 0.3) is 0 Å². The normalized spacial score (nSPS) is 30.4. The van der Waals surface area contributed by atoms with Crippen LogP contribution in [0, 0.1) is 0 Å². The highest BCUT2D eigenvalue weighted by atomic mass is 16.5. The number of likely N-dealkylation sites (tertiary alicyclic amines) is 1. The molecule has 3 nitrogen and oxygen atoms in total. The van der Waals surface area contributed by atoms with Gasteiger partial charge >= 0.3 is 0 Å². The van der Waals surface area contributed by atoms with E-state index in [0.717, 1.165) is 11.5 Å². The van der Waals surface area contributed by atoms with Crippen LogP contribution in [0.2, 0.25) is 0 Å². The van der Waals surface area contributed by atoms with Crippen molar-refractivity contribution in [3.63, 3.8) is 0 Å². The Hall–Kier alpha value is -1.22. The van der Waals surface area contributed by atoms with Gasteiger partial charge in [0.15, 0.2) is 11.5 Å². The molecule has 1 unspecified atom stereocenters.